The number of hydrogen-bond donors (Lipinski definition) is 0. The third-order valence-electron chi connectivity index (χ3n) is 3.21. The first-order chi connectivity index (χ1) is 7.20. The van der Waals surface area contributed by atoms with Crippen LogP contribution in [-0.2, 0) is 0 Å². The van der Waals surface area contributed by atoms with Crippen LogP contribution in [0.4, 0.5) is 0 Å². The molecule has 90 valence electrons. The molecule has 0 N–H and O–H groups in total. The average molecular weight is 229 g/mol. The summed E-state index contributed by atoms with van der Waals surface area (Å²) in [6.45, 7) is 9.70. The molecule has 2 heteroatoms. The molecule has 0 aromatic carbocycles. The molecule has 1 rings (SSSR count). The standard InChI is InChI=1S/C13H27NS/c1-12(2)7-10-15-11-13(3)14-8-5-4-6-9-14/h12-13H,4-11H2,1-3H3. The molecule has 0 radical (unpaired) electrons. The smallest absolute Gasteiger partial charge is 0.0158 e. The minimum atomic E-state index is 0.794. The Labute approximate surface area is 100.0 Å². The molecule has 0 saturated carbocycles. The summed E-state index contributed by atoms with van der Waals surface area (Å²) in [7, 11) is 0. The normalized spacial score (nSPS) is 20.8. The van der Waals surface area contributed by atoms with Crippen LogP contribution in [0.5, 0.6) is 0 Å². The van der Waals surface area contributed by atoms with Crippen molar-refractivity contribution >= 4 is 11.8 Å². The molecule has 1 heterocycles. The second kappa shape index (κ2) is 7.56. The van der Waals surface area contributed by atoms with Crippen LogP contribution in [0.15, 0.2) is 0 Å². The lowest BCUT2D eigenvalue weighted by Gasteiger charge is -2.32. The van der Waals surface area contributed by atoms with Crippen LogP contribution in [-0.4, -0.2) is 35.5 Å². The van der Waals surface area contributed by atoms with Crippen LogP contribution in [0, 0.1) is 5.92 Å². The van der Waals surface area contributed by atoms with Gasteiger partial charge in [-0.25, -0.2) is 0 Å². The van der Waals surface area contributed by atoms with Crippen molar-refractivity contribution in [1.82, 2.24) is 4.90 Å². The third-order valence-corrected chi connectivity index (χ3v) is 4.46. The first kappa shape index (κ1) is 13.4. The van der Waals surface area contributed by atoms with Gasteiger partial charge < -0.3 is 0 Å². The van der Waals surface area contributed by atoms with Gasteiger partial charge in [-0.15, -0.1) is 0 Å². The number of nitrogens with zero attached hydrogens (tertiary/aromatic N) is 1. The Balaban J connectivity index is 2.04. The van der Waals surface area contributed by atoms with Gasteiger partial charge in [-0.3, -0.25) is 4.90 Å². The number of likely N-dealkylation sites (tertiary alicyclic amines) is 1. The first-order valence-corrected chi connectivity index (χ1v) is 7.67. The van der Waals surface area contributed by atoms with Crippen molar-refractivity contribution in [2.24, 2.45) is 5.92 Å². The van der Waals surface area contributed by atoms with E-state index in [2.05, 4.69) is 37.4 Å². The van der Waals surface area contributed by atoms with E-state index in [0.29, 0.717) is 0 Å². The van der Waals surface area contributed by atoms with Gasteiger partial charge in [-0.1, -0.05) is 20.3 Å². The maximum absolute atomic E-state index is 2.67. The minimum absolute atomic E-state index is 0.794. The van der Waals surface area contributed by atoms with Crippen LogP contribution < -0.4 is 0 Å². The SMILES string of the molecule is CC(C)CCSCC(C)N1CCCCC1. The van der Waals surface area contributed by atoms with Crippen LogP contribution in [0.1, 0.15) is 46.5 Å². The van der Waals surface area contributed by atoms with Crippen molar-refractivity contribution in [3.63, 3.8) is 0 Å². The Morgan fingerprint density at radius 3 is 2.33 bits per heavy atom. The predicted molar refractivity (Wildman–Crippen MR) is 71.7 cm³/mol. The molecule has 0 bridgehead atoms. The minimum Gasteiger partial charge on any atom is -0.300 e. The lowest BCUT2D eigenvalue weighted by atomic mass is 10.1. The maximum Gasteiger partial charge on any atom is 0.0158 e. The van der Waals surface area contributed by atoms with Crippen LogP contribution in [0.2, 0.25) is 0 Å². The molecule has 0 spiro atoms. The maximum atomic E-state index is 2.67. The van der Waals surface area contributed by atoms with Gasteiger partial charge in [0.05, 0.1) is 0 Å². The molecule has 1 saturated heterocycles. The zero-order valence-electron chi connectivity index (χ0n) is 10.7. The number of piperidine rings is 1. The van der Waals surface area contributed by atoms with Gasteiger partial charge in [0.1, 0.15) is 0 Å². The van der Waals surface area contributed by atoms with Crippen molar-refractivity contribution < 1.29 is 0 Å². The fourth-order valence-corrected chi connectivity index (χ4v) is 3.39. The van der Waals surface area contributed by atoms with Crippen LogP contribution in [0.25, 0.3) is 0 Å². The number of hydrogen-bond acceptors (Lipinski definition) is 2. The topological polar surface area (TPSA) is 3.24 Å². The van der Waals surface area contributed by atoms with E-state index < -0.39 is 0 Å². The molecule has 1 unspecified atom stereocenters. The Hall–Kier alpha value is 0.310. The highest BCUT2D eigenvalue weighted by molar-refractivity contribution is 7.99. The second-order valence-electron chi connectivity index (χ2n) is 5.20. The van der Waals surface area contributed by atoms with E-state index in [4.69, 9.17) is 0 Å². The summed E-state index contributed by atoms with van der Waals surface area (Å²) < 4.78 is 0. The zero-order valence-corrected chi connectivity index (χ0v) is 11.5. The summed E-state index contributed by atoms with van der Waals surface area (Å²) >= 11 is 2.14. The molecule has 0 aromatic rings. The van der Waals surface area contributed by atoms with Gasteiger partial charge in [-0.2, -0.15) is 11.8 Å². The number of thioether (sulfide) groups is 1. The summed E-state index contributed by atoms with van der Waals surface area (Å²) in [4.78, 5) is 2.67. The molecule has 15 heavy (non-hydrogen) atoms. The highest BCUT2D eigenvalue weighted by Crippen LogP contribution is 2.16. The highest BCUT2D eigenvalue weighted by Gasteiger charge is 2.16. The van der Waals surface area contributed by atoms with E-state index in [9.17, 15) is 0 Å². The van der Waals surface area contributed by atoms with Crippen molar-refractivity contribution in [3.8, 4) is 0 Å². The van der Waals surface area contributed by atoms with Crippen molar-refractivity contribution in [2.75, 3.05) is 24.6 Å². The molecular weight excluding hydrogens is 202 g/mol. The largest absolute Gasteiger partial charge is 0.300 e. The Morgan fingerprint density at radius 1 is 1.07 bits per heavy atom. The van der Waals surface area contributed by atoms with E-state index in [1.54, 1.807) is 0 Å². The number of rotatable bonds is 6. The summed E-state index contributed by atoms with van der Waals surface area (Å²) in [5, 5.41) is 0. The monoisotopic (exact) mass is 229 g/mol. The molecule has 1 fully saturated rings. The van der Waals surface area contributed by atoms with Gasteiger partial charge in [0.2, 0.25) is 0 Å². The van der Waals surface area contributed by atoms with Crippen LogP contribution in [0.3, 0.4) is 0 Å². The van der Waals surface area contributed by atoms with E-state index >= 15 is 0 Å². The predicted octanol–water partition coefficient (Wildman–Crippen LogP) is 3.64. The van der Waals surface area contributed by atoms with Gasteiger partial charge in [0, 0.05) is 11.8 Å². The molecule has 1 atom stereocenters. The quantitative estimate of drug-likeness (QED) is 0.640. The van der Waals surface area contributed by atoms with Gasteiger partial charge >= 0.3 is 0 Å². The second-order valence-corrected chi connectivity index (χ2v) is 6.35. The molecule has 1 aliphatic rings. The van der Waals surface area contributed by atoms with Gasteiger partial charge in [0.15, 0.2) is 0 Å². The molecule has 1 aliphatic heterocycles. The third kappa shape index (κ3) is 5.82. The lowest BCUT2D eigenvalue weighted by molar-refractivity contribution is 0.187. The zero-order chi connectivity index (χ0) is 11.1. The van der Waals surface area contributed by atoms with Gasteiger partial charge in [0.25, 0.3) is 0 Å². The van der Waals surface area contributed by atoms with Gasteiger partial charge in [-0.05, 0) is 50.9 Å². The molecular formula is C13H27NS. The molecule has 0 aliphatic carbocycles. The summed E-state index contributed by atoms with van der Waals surface area (Å²) in [6.07, 6.45) is 5.66. The van der Waals surface area contributed by atoms with E-state index in [1.807, 2.05) is 0 Å². The Morgan fingerprint density at radius 2 is 1.73 bits per heavy atom. The first-order valence-electron chi connectivity index (χ1n) is 6.52. The summed E-state index contributed by atoms with van der Waals surface area (Å²) in [6, 6.07) is 0.794. The van der Waals surface area contributed by atoms with Crippen molar-refractivity contribution in [2.45, 2.75) is 52.5 Å². The fraction of sp³-hybridized carbons (Fsp3) is 1.00. The summed E-state index contributed by atoms with van der Waals surface area (Å²) in [5.74, 6) is 3.53. The lowest BCUT2D eigenvalue weighted by Crippen LogP contribution is -2.38. The Kier molecular flexibility index (Phi) is 6.74. The highest BCUT2D eigenvalue weighted by atomic mass is 32.2. The Bertz CT molecular complexity index is 153. The van der Waals surface area contributed by atoms with E-state index in [-0.39, 0.29) is 0 Å². The van der Waals surface area contributed by atoms with Crippen LogP contribution >= 0.6 is 11.8 Å². The molecule has 0 aromatic heterocycles. The van der Waals surface area contributed by atoms with E-state index in [1.165, 1.54) is 50.3 Å². The van der Waals surface area contributed by atoms with Crippen molar-refractivity contribution in [1.29, 1.82) is 0 Å². The molecule has 0 amide bonds. The van der Waals surface area contributed by atoms with Crippen molar-refractivity contribution in [3.05, 3.63) is 0 Å². The summed E-state index contributed by atoms with van der Waals surface area (Å²) in [5.41, 5.74) is 0. The fourth-order valence-electron chi connectivity index (χ4n) is 2.04. The van der Waals surface area contributed by atoms with E-state index in [0.717, 1.165) is 12.0 Å². The molecule has 1 nitrogen and oxygen atoms in total. The average Bonchev–Trinajstić information content (AvgIpc) is 2.25.